The summed E-state index contributed by atoms with van der Waals surface area (Å²) in [7, 11) is 0. The molecule has 1 amide bonds. The predicted molar refractivity (Wildman–Crippen MR) is 104 cm³/mol. The zero-order chi connectivity index (χ0) is 18.1. The van der Waals surface area contributed by atoms with Gasteiger partial charge in [-0.2, -0.15) is 0 Å². The van der Waals surface area contributed by atoms with Crippen LogP contribution in [0.4, 0.5) is 5.82 Å². The van der Waals surface area contributed by atoms with E-state index in [1.165, 1.54) is 12.0 Å². The van der Waals surface area contributed by atoms with Crippen LogP contribution in [0, 0.1) is 19.8 Å². The molecule has 138 valence electrons. The van der Waals surface area contributed by atoms with Gasteiger partial charge in [0.05, 0.1) is 5.92 Å². The number of pyridine rings is 2. The SMILES string of the molecule is Cc1cc(C)c2ccc(N3CCCC(C(=O)N4CCCCC4)C3)nc2n1. The summed E-state index contributed by atoms with van der Waals surface area (Å²) in [5.74, 6) is 1.40. The summed E-state index contributed by atoms with van der Waals surface area (Å²) < 4.78 is 0. The average molecular weight is 352 g/mol. The summed E-state index contributed by atoms with van der Waals surface area (Å²) in [6.07, 6.45) is 5.60. The Morgan fingerprint density at radius 2 is 1.85 bits per heavy atom. The van der Waals surface area contributed by atoms with Gasteiger partial charge in [0, 0.05) is 37.3 Å². The Labute approximate surface area is 155 Å². The van der Waals surface area contributed by atoms with Gasteiger partial charge in [-0.1, -0.05) is 0 Å². The number of amides is 1. The first-order valence-electron chi connectivity index (χ1n) is 9.90. The van der Waals surface area contributed by atoms with Crippen LogP contribution in [0.5, 0.6) is 0 Å². The Kier molecular flexibility index (Phi) is 4.79. The molecule has 2 fully saturated rings. The highest BCUT2D eigenvalue weighted by Crippen LogP contribution is 2.26. The number of hydrogen-bond donors (Lipinski definition) is 0. The van der Waals surface area contributed by atoms with Gasteiger partial charge >= 0.3 is 0 Å². The lowest BCUT2D eigenvalue weighted by Crippen LogP contribution is -2.46. The standard InChI is InChI=1S/C21H28N4O/c1-15-13-16(2)22-20-18(15)8-9-19(23-20)25-12-6-7-17(14-25)21(26)24-10-4-3-5-11-24/h8-9,13,17H,3-7,10-12,14H2,1-2H3. The largest absolute Gasteiger partial charge is 0.356 e. The van der Waals surface area contributed by atoms with Gasteiger partial charge in [0.15, 0.2) is 5.65 Å². The highest BCUT2D eigenvalue weighted by atomic mass is 16.2. The van der Waals surface area contributed by atoms with Crippen LogP contribution in [0.1, 0.15) is 43.4 Å². The van der Waals surface area contributed by atoms with Crippen LogP contribution in [0.2, 0.25) is 0 Å². The topological polar surface area (TPSA) is 49.3 Å². The van der Waals surface area contributed by atoms with E-state index in [9.17, 15) is 4.79 Å². The van der Waals surface area contributed by atoms with E-state index in [0.29, 0.717) is 5.91 Å². The number of nitrogens with zero attached hydrogens (tertiary/aromatic N) is 4. The molecule has 2 aromatic rings. The van der Waals surface area contributed by atoms with Gasteiger partial charge in [0.25, 0.3) is 0 Å². The molecule has 0 N–H and O–H groups in total. The van der Waals surface area contributed by atoms with Crippen LogP contribution in [0.25, 0.3) is 11.0 Å². The Hall–Kier alpha value is -2.17. The van der Waals surface area contributed by atoms with Crippen molar-refractivity contribution in [3.05, 3.63) is 29.5 Å². The van der Waals surface area contributed by atoms with Gasteiger partial charge in [0.1, 0.15) is 5.82 Å². The monoisotopic (exact) mass is 352 g/mol. The van der Waals surface area contributed by atoms with Crippen molar-refractivity contribution < 1.29 is 4.79 Å². The molecule has 2 aliphatic rings. The van der Waals surface area contributed by atoms with Crippen LogP contribution < -0.4 is 4.90 Å². The van der Waals surface area contributed by atoms with Gasteiger partial charge in [-0.15, -0.1) is 0 Å². The number of piperidine rings is 2. The molecule has 0 spiro atoms. The third kappa shape index (κ3) is 3.39. The summed E-state index contributed by atoms with van der Waals surface area (Å²) >= 11 is 0. The number of rotatable bonds is 2. The summed E-state index contributed by atoms with van der Waals surface area (Å²) in [6, 6.07) is 6.30. The number of likely N-dealkylation sites (tertiary alicyclic amines) is 1. The van der Waals surface area contributed by atoms with Crippen molar-refractivity contribution in [2.75, 3.05) is 31.1 Å². The quantitative estimate of drug-likeness (QED) is 0.830. The van der Waals surface area contributed by atoms with E-state index in [1.807, 2.05) is 6.92 Å². The zero-order valence-electron chi connectivity index (χ0n) is 15.9. The molecule has 0 aliphatic carbocycles. The average Bonchev–Trinajstić information content (AvgIpc) is 2.67. The molecule has 0 aromatic carbocycles. The highest BCUT2D eigenvalue weighted by molar-refractivity contribution is 5.81. The summed E-state index contributed by atoms with van der Waals surface area (Å²) in [4.78, 5) is 26.7. The molecule has 1 atom stereocenters. The number of fused-ring (bicyclic) bond motifs is 1. The second-order valence-electron chi connectivity index (χ2n) is 7.79. The second kappa shape index (κ2) is 7.22. The van der Waals surface area contributed by atoms with Crippen LogP contribution >= 0.6 is 0 Å². The maximum Gasteiger partial charge on any atom is 0.227 e. The first-order chi connectivity index (χ1) is 12.6. The van der Waals surface area contributed by atoms with Crippen molar-refractivity contribution in [2.24, 2.45) is 5.92 Å². The molecule has 2 aliphatic heterocycles. The van der Waals surface area contributed by atoms with Gasteiger partial charge in [0.2, 0.25) is 5.91 Å². The molecule has 26 heavy (non-hydrogen) atoms. The maximum atomic E-state index is 12.9. The van der Waals surface area contributed by atoms with Crippen molar-refractivity contribution in [1.82, 2.24) is 14.9 Å². The Morgan fingerprint density at radius 1 is 1.04 bits per heavy atom. The number of aryl methyl sites for hydroxylation is 2. The van der Waals surface area contributed by atoms with Gasteiger partial charge in [-0.25, -0.2) is 9.97 Å². The van der Waals surface area contributed by atoms with Gasteiger partial charge < -0.3 is 9.80 Å². The van der Waals surface area contributed by atoms with E-state index in [2.05, 4.69) is 39.9 Å². The molecule has 5 nitrogen and oxygen atoms in total. The fourth-order valence-corrected chi connectivity index (χ4v) is 4.36. The fourth-order valence-electron chi connectivity index (χ4n) is 4.36. The third-order valence-electron chi connectivity index (χ3n) is 5.76. The van der Waals surface area contributed by atoms with E-state index in [-0.39, 0.29) is 5.92 Å². The molecule has 0 bridgehead atoms. The second-order valence-corrected chi connectivity index (χ2v) is 7.79. The van der Waals surface area contributed by atoms with Crippen molar-refractivity contribution >= 4 is 22.8 Å². The minimum absolute atomic E-state index is 0.103. The number of carbonyl (C=O) groups excluding carboxylic acids is 1. The van der Waals surface area contributed by atoms with Crippen LogP contribution in [-0.4, -0.2) is 47.0 Å². The molecule has 5 heteroatoms. The van der Waals surface area contributed by atoms with E-state index in [4.69, 9.17) is 4.98 Å². The number of anilines is 1. The molecular weight excluding hydrogens is 324 g/mol. The van der Waals surface area contributed by atoms with Crippen molar-refractivity contribution in [2.45, 2.75) is 46.0 Å². The predicted octanol–water partition coefficient (Wildman–Crippen LogP) is 3.48. The molecule has 2 saturated heterocycles. The lowest BCUT2D eigenvalue weighted by molar-refractivity contribution is -0.136. The van der Waals surface area contributed by atoms with Crippen LogP contribution in [0.3, 0.4) is 0 Å². The Morgan fingerprint density at radius 3 is 2.65 bits per heavy atom. The first-order valence-corrected chi connectivity index (χ1v) is 9.90. The molecule has 1 unspecified atom stereocenters. The Balaban J connectivity index is 1.54. The highest BCUT2D eigenvalue weighted by Gasteiger charge is 2.30. The Bertz CT molecular complexity index is 813. The minimum Gasteiger partial charge on any atom is -0.356 e. The lowest BCUT2D eigenvalue weighted by Gasteiger charge is -2.36. The van der Waals surface area contributed by atoms with E-state index < -0.39 is 0 Å². The van der Waals surface area contributed by atoms with E-state index in [1.54, 1.807) is 0 Å². The van der Waals surface area contributed by atoms with E-state index >= 15 is 0 Å². The minimum atomic E-state index is 0.103. The fraction of sp³-hybridized carbons (Fsp3) is 0.571. The van der Waals surface area contributed by atoms with Crippen molar-refractivity contribution in [3.63, 3.8) is 0 Å². The zero-order valence-corrected chi connectivity index (χ0v) is 15.9. The number of aromatic nitrogens is 2. The maximum absolute atomic E-state index is 12.9. The third-order valence-corrected chi connectivity index (χ3v) is 5.76. The summed E-state index contributed by atoms with van der Waals surface area (Å²) in [6.45, 7) is 7.73. The lowest BCUT2D eigenvalue weighted by atomic mass is 9.95. The summed E-state index contributed by atoms with van der Waals surface area (Å²) in [5.41, 5.74) is 3.02. The van der Waals surface area contributed by atoms with Crippen LogP contribution in [-0.2, 0) is 4.79 Å². The van der Waals surface area contributed by atoms with Crippen molar-refractivity contribution in [3.8, 4) is 0 Å². The van der Waals surface area contributed by atoms with Gasteiger partial charge in [-0.05, 0) is 69.7 Å². The van der Waals surface area contributed by atoms with Crippen LogP contribution in [0.15, 0.2) is 18.2 Å². The van der Waals surface area contributed by atoms with Crippen molar-refractivity contribution in [1.29, 1.82) is 0 Å². The molecule has 0 saturated carbocycles. The summed E-state index contributed by atoms with van der Waals surface area (Å²) in [5, 5.41) is 1.11. The molecular formula is C21H28N4O. The molecule has 4 rings (SSSR count). The smallest absolute Gasteiger partial charge is 0.227 e. The van der Waals surface area contributed by atoms with Gasteiger partial charge in [-0.3, -0.25) is 4.79 Å². The first kappa shape index (κ1) is 17.3. The normalized spacial score (nSPS) is 21.2. The molecule has 2 aromatic heterocycles. The molecule has 0 radical (unpaired) electrons. The molecule has 4 heterocycles. The number of carbonyl (C=O) groups is 1. The number of hydrogen-bond acceptors (Lipinski definition) is 4. The van der Waals surface area contributed by atoms with E-state index in [0.717, 1.165) is 74.4 Å².